The molecule has 1 unspecified atom stereocenters. The topological polar surface area (TPSA) is 107 Å². The lowest BCUT2D eigenvalue weighted by atomic mass is 10.0. The Bertz CT molecular complexity index is 1270. The van der Waals surface area contributed by atoms with Crippen LogP contribution in [0.3, 0.4) is 0 Å². The molecule has 0 saturated carbocycles. The number of aromatic nitrogens is 4. The number of pyridine rings is 1. The van der Waals surface area contributed by atoms with Crippen molar-refractivity contribution in [2.24, 2.45) is 0 Å². The zero-order valence-corrected chi connectivity index (χ0v) is 18.4. The number of carbonyl (C=O) groups excluding carboxylic acids is 1. The smallest absolute Gasteiger partial charge is 0.255 e. The third kappa shape index (κ3) is 3.97. The van der Waals surface area contributed by atoms with Crippen molar-refractivity contribution in [1.82, 2.24) is 25.0 Å². The third-order valence-electron chi connectivity index (χ3n) is 5.60. The van der Waals surface area contributed by atoms with E-state index in [1.807, 2.05) is 38.1 Å². The second-order valence-electron chi connectivity index (χ2n) is 7.79. The highest BCUT2D eigenvalue weighted by atomic mass is 16.5. The van der Waals surface area contributed by atoms with Crippen molar-refractivity contribution in [2.45, 2.75) is 32.7 Å². The van der Waals surface area contributed by atoms with Gasteiger partial charge in [0.15, 0.2) is 0 Å². The minimum absolute atomic E-state index is 0.120. The van der Waals surface area contributed by atoms with Gasteiger partial charge < -0.3 is 18.6 Å². The molecular formula is C24H23N5O4. The van der Waals surface area contributed by atoms with Crippen LogP contribution in [0.5, 0.6) is 5.88 Å². The molecule has 0 aliphatic carbocycles. The first-order valence-electron chi connectivity index (χ1n) is 10.9. The van der Waals surface area contributed by atoms with Crippen LogP contribution in [0, 0.1) is 6.92 Å². The zero-order valence-electron chi connectivity index (χ0n) is 18.4. The van der Waals surface area contributed by atoms with Crippen molar-refractivity contribution in [3.63, 3.8) is 0 Å². The number of carbonyl (C=O) groups is 1. The largest absolute Gasteiger partial charge is 0.477 e. The van der Waals surface area contributed by atoms with E-state index >= 15 is 0 Å². The monoisotopic (exact) mass is 445 g/mol. The van der Waals surface area contributed by atoms with Crippen molar-refractivity contribution in [1.29, 1.82) is 0 Å². The number of hydrogen-bond donors (Lipinski definition) is 0. The maximum absolute atomic E-state index is 13.7. The lowest BCUT2D eigenvalue weighted by Gasteiger charge is -2.23. The SMILES string of the molecule is CCOc1ncccc1-c1noc(C2CCCN2C(=O)c2cc(C)ccc2-c2ncco2)n1. The van der Waals surface area contributed by atoms with Gasteiger partial charge in [-0.2, -0.15) is 4.98 Å². The first kappa shape index (κ1) is 20.9. The second-order valence-corrected chi connectivity index (χ2v) is 7.79. The predicted octanol–water partition coefficient (Wildman–Crippen LogP) is 4.47. The van der Waals surface area contributed by atoms with Gasteiger partial charge in [0.2, 0.25) is 23.5 Å². The summed E-state index contributed by atoms with van der Waals surface area (Å²) in [6.45, 7) is 4.91. The van der Waals surface area contributed by atoms with Crippen LogP contribution < -0.4 is 4.74 Å². The summed E-state index contributed by atoms with van der Waals surface area (Å²) in [7, 11) is 0. The van der Waals surface area contributed by atoms with E-state index in [1.165, 1.54) is 6.26 Å². The predicted molar refractivity (Wildman–Crippen MR) is 118 cm³/mol. The lowest BCUT2D eigenvalue weighted by Crippen LogP contribution is -2.31. The molecule has 5 rings (SSSR count). The Hall–Kier alpha value is -4.01. The number of aryl methyl sites for hydroxylation is 1. The number of oxazole rings is 1. The van der Waals surface area contributed by atoms with Crippen LogP contribution >= 0.6 is 0 Å². The van der Waals surface area contributed by atoms with E-state index in [-0.39, 0.29) is 11.9 Å². The standard InChI is InChI=1S/C24H23N5O4/c1-3-31-22-17(6-4-10-25-22)20-27-23(33-28-20)19-7-5-12-29(19)24(30)18-14-15(2)8-9-16(18)21-26-11-13-32-21/h4,6,8-11,13-14,19H,3,5,7,12H2,1-2H3. The van der Waals surface area contributed by atoms with E-state index in [4.69, 9.17) is 13.7 Å². The second kappa shape index (κ2) is 8.85. The number of amides is 1. The summed E-state index contributed by atoms with van der Waals surface area (Å²) in [5.41, 5.74) is 2.82. The molecular weight excluding hydrogens is 422 g/mol. The first-order chi connectivity index (χ1) is 16.2. The molecule has 4 aromatic rings. The van der Waals surface area contributed by atoms with Gasteiger partial charge >= 0.3 is 0 Å². The van der Waals surface area contributed by atoms with E-state index in [0.29, 0.717) is 53.3 Å². The highest BCUT2D eigenvalue weighted by molar-refractivity contribution is 6.00. The Morgan fingerprint density at radius 3 is 2.94 bits per heavy atom. The van der Waals surface area contributed by atoms with Crippen molar-refractivity contribution in [3.05, 3.63) is 66.0 Å². The molecule has 9 heteroatoms. The fourth-order valence-corrected chi connectivity index (χ4v) is 4.09. The van der Waals surface area contributed by atoms with Crippen molar-refractivity contribution < 1.29 is 18.5 Å². The summed E-state index contributed by atoms with van der Waals surface area (Å²) in [5, 5.41) is 4.14. The van der Waals surface area contributed by atoms with Gasteiger partial charge in [-0.25, -0.2) is 9.97 Å². The van der Waals surface area contributed by atoms with Crippen LogP contribution in [0.4, 0.5) is 0 Å². The third-order valence-corrected chi connectivity index (χ3v) is 5.60. The van der Waals surface area contributed by atoms with Crippen molar-refractivity contribution in [2.75, 3.05) is 13.2 Å². The molecule has 1 aliphatic heterocycles. The molecule has 1 aliphatic rings. The Balaban J connectivity index is 1.46. The molecule has 1 saturated heterocycles. The molecule has 1 fully saturated rings. The van der Waals surface area contributed by atoms with Crippen LogP contribution in [0.2, 0.25) is 0 Å². The van der Waals surface area contributed by atoms with Crippen LogP contribution in [-0.4, -0.2) is 44.1 Å². The zero-order chi connectivity index (χ0) is 22.8. The number of ether oxygens (including phenoxy) is 1. The normalized spacial score (nSPS) is 15.7. The van der Waals surface area contributed by atoms with Gasteiger partial charge in [0, 0.05) is 18.3 Å². The molecule has 0 bridgehead atoms. The number of benzene rings is 1. The molecule has 1 aromatic carbocycles. The Morgan fingerprint density at radius 1 is 1.21 bits per heavy atom. The fraction of sp³-hybridized carbons (Fsp3) is 0.292. The molecule has 0 radical (unpaired) electrons. The highest BCUT2D eigenvalue weighted by Gasteiger charge is 2.36. The van der Waals surface area contributed by atoms with E-state index < -0.39 is 0 Å². The summed E-state index contributed by atoms with van der Waals surface area (Å²) in [4.78, 5) is 28.5. The molecule has 1 atom stereocenters. The molecule has 33 heavy (non-hydrogen) atoms. The van der Waals surface area contributed by atoms with E-state index in [2.05, 4.69) is 20.1 Å². The van der Waals surface area contributed by atoms with Crippen molar-refractivity contribution >= 4 is 5.91 Å². The van der Waals surface area contributed by atoms with E-state index in [1.54, 1.807) is 23.4 Å². The highest BCUT2D eigenvalue weighted by Crippen LogP contribution is 2.36. The molecule has 1 amide bonds. The van der Waals surface area contributed by atoms with Gasteiger partial charge in [-0.3, -0.25) is 4.79 Å². The number of likely N-dealkylation sites (tertiary alicyclic amines) is 1. The molecule has 4 heterocycles. The van der Waals surface area contributed by atoms with Crippen LogP contribution in [0.15, 0.2) is 57.9 Å². The minimum Gasteiger partial charge on any atom is -0.477 e. The number of nitrogens with zero attached hydrogens (tertiary/aromatic N) is 5. The lowest BCUT2D eigenvalue weighted by molar-refractivity contribution is 0.0710. The summed E-state index contributed by atoms with van der Waals surface area (Å²) in [5.74, 6) is 1.52. The van der Waals surface area contributed by atoms with Crippen LogP contribution in [0.25, 0.3) is 22.8 Å². The minimum atomic E-state index is -0.316. The fourth-order valence-electron chi connectivity index (χ4n) is 4.09. The number of hydrogen-bond acceptors (Lipinski definition) is 8. The van der Waals surface area contributed by atoms with E-state index in [0.717, 1.165) is 18.4 Å². The first-order valence-corrected chi connectivity index (χ1v) is 10.9. The van der Waals surface area contributed by atoms with Gasteiger partial charge in [-0.1, -0.05) is 16.8 Å². The quantitative estimate of drug-likeness (QED) is 0.428. The molecule has 9 nitrogen and oxygen atoms in total. The van der Waals surface area contributed by atoms with Gasteiger partial charge in [-0.05, 0) is 51.0 Å². The van der Waals surface area contributed by atoms with Gasteiger partial charge in [0.25, 0.3) is 5.91 Å². The van der Waals surface area contributed by atoms with Gasteiger partial charge in [0.1, 0.15) is 12.3 Å². The average molecular weight is 445 g/mol. The summed E-state index contributed by atoms with van der Waals surface area (Å²) in [6.07, 6.45) is 6.29. The van der Waals surface area contributed by atoms with Gasteiger partial charge in [-0.15, -0.1) is 0 Å². The maximum atomic E-state index is 13.7. The summed E-state index contributed by atoms with van der Waals surface area (Å²) >= 11 is 0. The molecule has 0 spiro atoms. The summed E-state index contributed by atoms with van der Waals surface area (Å²) in [6, 6.07) is 8.97. The molecule has 3 aromatic heterocycles. The number of rotatable bonds is 6. The van der Waals surface area contributed by atoms with Crippen molar-refractivity contribution in [3.8, 4) is 28.7 Å². The summed E-state index contributed by atoms with van der Waals surface area (Å²) < 4.78 is 16.7. The van der Waals surface area contributed by atoms with Crippen LogP contribution in [0.1, 0.15) is 47.6 Å². The Kier molecular flexibility index (Phi) is 5.60. The average Bonchev–Trinajstić information content (AvgIpc) is 3.60. The van der Waals surface area contributed by atoms with Crippen LogP contribution in [-0.2, 0) is 0 Å². The van der Waals surface area contributed by atoms with Gasteiger partial charge in [0.05, 0.1) is 23.9 Å². The molecule has 168 valence electrons. The molecule has 0 N–H and O–H groups in total. The Labute approximate surface area is 190 Å². The van der Waals surface area contributed by atoms with E-state index in [9.17, 15) is 4.79 Å². The Morgan fingerprint density at radius 2 is 2.12 bits per heavy atom. The maximum Gasteiger partial charge on any atom is 0.255 e.